The standard InChI is InChI=1S/C9H16N4/c1-4-5-10-6-9-12-11-7-13(9)8(2)3/h4,7-8,10H,1,5-6H2,2-3H3. The van der Waals surface area contributed by atoms with E-state index >= 15 is 0 Å². The van der Waals surface area contributed by atoms with Crippen molar-refractivity contribution < 1.29 is 0 Å². The van der Waals surface area contributed by atoms with Crippen LogP contribution >= 0.6 is 0 Å². The quantitative estimate of drug-likeness (QED) is 0.545. The summed E-state index contributed by atoms with van der Waals surface area (Å²) in [5.74, 6) is 0.969. The van der Waals surface area contributed by atoms with Gasteiger partial charge in [0.15, 0.2) is 0 Å². The molecular weight excluding hydrogens is 164 g/mol. The summed E-state index contributed by atoms with van der Waals surface area (Å²) < 4.78 is 2.05. The second-order valence-corrected chi connectivity index (χ2v) is 3.17. The van der Waals surface area contributed by atoms with E-state index in [4.69, 9.17) is 0 Å². The zero-order valence-electron chi connectivity index (χ0n) is 8.20. The maximum absolute atomic E-state index is 4.03. The van der Waals surface area contributed by atoms with Crippen LogP contribution < -0.4 is 5.32 Å². The topological polar surface area (TPSA) is 42.7 Å². The van der Waals surface area contributed by atoms with Gasteiger partial charge in [0.25, 0.3) is 0 Å². The Morgan fingerprint density at radius 3 is 3.08 bits per heavy atom. The van der Waals surface area contributed by atoms with Gasteiger partial charge in [-0.15, -0.1) is 16.8 Å². The molecule has 1 aromatic rings. The summed E-state index contributed by atoms with van der Waals surface area (Å²) in [5, 5.41) is 11.1. The fourth-order valence-corrected chi connectivity index (χ4v) is 1.11. The van der Waals surface area contributed by atoms with Gasteiger partial charge in [-0.2, -0.15) is 0 Å². The Bertz CT molecular complexity index is 264. The normalized spacial score (nSPS) is 10.7. The highest BCUT2D eigenvalue weighted by Crippen LogP contribution is 2.05. The molecule has 4 heteroatoms. The third-order valence-corrected chi connectivity index (χ3v) is 1.78. The predicted molar refractivity (Wildman–Crippen MR) is 52.3 cm³/mol. The monoisotopic (exact) mass is 180 g/mol. The lowest BCUT2D eigenvalue weighted by atomic mass is 10.4. The zero-order chi connectivity index (χ0) is 9.68. The van der Waals surface area contributed by atoms with Crippen LogP contribution in [-0.2, 0) is 6.54 Å². The van der Waals surface area contributed by atoms with Gasteiger partial charge in [-0.25, -0.2) is 0 Å². The lowest BCUT2D eigenvalue weighted by Gasteiger charge is -2.09. The van der Waals surface area contributed by atoms with Crippen LogP contribution in [0.1, 0.15) is 25.7 Å². The van der Waals surface area contributed by atoms with Gasteiger partial charge in [-0.3, -0.25) is 0 Å². The van der Waals surface area contributed by atoms with Crippen LogP contribution in [-0.4, -0.2) is 21.3 Å². The fourth-order valence-electron chi connectivity index (χ4n) is 1.11. The van der Waals surface area contributed by atoms with Gasteiger partial charge in [0, 0.05) is 12.6 Å². The van der Waals surface area contributed by atoms with Gasteiger partial charge in [0.1, 0.15) is 12.2 Å². The van der Waals surface area contributed by atoms with Crippen molar-refractivity contribution in [2.24, 2.45) is 0 Å². The average Bonchev–Trinajstić information content (AvgIpc) is 2.53. The van der Waals surface area contributed by atoms with E-state index in [1.54, 1.807) is 6.33 Å². The van der Waals surface area contributed by atoms with Crippen molar-refractivity contribution in [1.82, 2.24) is 20.1 Å². The highest BCUT2D eigenvalue weighted by molar-refractivity contribution is 4.88. The van der Waals surface area contributed by atoms with Crippen LogP contribution in [0.4, 0.5) is 0 Å². The Labute approximate surface area is 78.7 Å². The molecule has 13 heavy (non-hydrogen) atoms. The molecule has 1 heterocycles. The molecule has 0 aromatic carbocycles. The van der Waals surface area contributed by atoms with Crippen molar-refractivity contribution in [2.45, 2.75) is 26.4 Å². The maximum atomic E-state index is 4.03. The van der Waals surface area contributed by atoms with E-state index in [0.717, 1.165) is 18.9 Å². The molecule has 0 amide bonds. The molecule has 0 bridgehead atoms. The molecule has 1 N–H and O–H groups in total. The van der Waals surface area contributed by atoms with Gasteiger partial charge in [-0.1, -0.05) is 6.08 Å². The summed E-state index contributed by atoms with van der Waals surface area (Å²) in [5.41, 5.74) is 0. The number of hydrogen-bond donors (Lipinski definition) is 1. The van der Waals surface area contributed by atoms with Crippen molar-refractivity contribution in [3.05, 3.63) is 24.8 Å². The lowest BCUT2D eigenvalue weighted by molar-refractivity contribution is 0.550. The summed E-state index contributed by atoms with van der Waals surface area (Å²) in [6.45, 7) is 9.39. The smallest absolute Gasteiger partial charge is 0.147 e. The minimum Gasteiger partial charge on any atom is -0.314 e. The Balaban J connectivity index is 2.55. The molecule has 0 spiro atoms. The van der Waals surface area contributed by atoms with Gasteiger partial charge in [0.05, 0.1) is 6.54 Å². The van der Waals surface area contributed by atoms with Gasteiger partial charge in [-0.05, 0) is 13.8 Å². The molecule has 0 atom stereocenters. The number of aromatic nitrogens is 3. The largest absolute Gasteiger partial charge is 0.314 e. The van der Waals surface area contributed by atoms with E-state index in [1.807, 2.05) is 6.08 Å². The lowest BCUT2D eigenvalue weighted by Crippen LogP contribution is -2.17. The van der Waals surface area contributed by atoms with E-state index in [-0.39, 0.29) is 0 Å². The van der Waals surface area contributed by atoms with Crippen molar-refractivity contribution in [2.75, 3.05) is 6.54 Å². The van der Waals surface area contributed by atoms with Crippen LogP contribution in [0.25, 0.3) is 0 Å². The first kappa shape index (κ1) is 9.92. The third kappa shape index (κ3) is 2.66. The van der Waals surface area contributed by atoms with Crippen LogP contribution in [0.15, 0.2) is 19.0 Å². The molecule has 1 aromatic heterocycles. The Morgan fingerprint density at radius 1 is 1.69 bits per heavy atom. The Morgan fingerprint density at radius 2 is 2.46 bits per heavy atom. The van der Waals surface area contributed by atoms with E-state index in [0.29, 0.717) is 6.04 Å². The highest BCUT2D eigenvalue weighted by atomic mass is 15.3. The molecule has 0 radical (unpaired) electrons. The Hall–Kier alpha value is -1.16. The first-order chi connectivity index (χ1) is 6.25. The van der Waals surface area contributed by atoms with Gasteiger partial charge in [0.2, 0.25) is 0 Å². The molecule has 0 saturated heterocycles. The third-order valence-electron chi connectivity index (χ3n) is 1.78. The first-order valence-electron chi connectivity index (χ1n) is 4.45. The zero-order valence-corrected chi connectivity index (χ0v) is 8.20. The molecule has 0 aliphatic rings. The SMILES string of the molecule is C=CCNCc1nncn1C(C)C. The van der Waals surface area contributed by atoms with Crippen LogP contribution in [0, 0.1) is 0 Å². The van der Waals surface area contributed by atoms with Crippen LogP contribution in [0.3, 0.4) is 0 Å². The minimum absolute atomic E-state index is 0.413. The molecule has 4 nitrogen and oxygen atoms in total. The minimum atomic E-state index is 0.413. The van der Waals surface area contributed by atoms with E-state index in [1.165, 1.54) is 0 Å². The van der Waals surface area contributed by atoms with Crippen molar-refractivity contribution in [3.63, 3.8) is 0 Å². The van der Waals surface area contributed by atoms with Gasteiger partial charge < -0.3 is 9.88 Å². The molecule has 0 saturated carbocycles. The van der Waals surface area contributed by atoms with Crippen LogP contribution in [0.2, 0.25) is 0 Å². The number of nitrogens with one attached hydrogen (secondary N) is 1. The average molecular weight is 180 g/mol. The number of nitrogens with zero attached hydrogens (tertiary/aromatic N) is 3. The van der Waals surface area contributed by atoms with Crippen molar-refractivity contribution in [3.8, 4) is 0 Å². The summed E-state index contributed by atoms with van der Waals surface area (Å²) in [6, 6.07) is 0.413. The molecule has 0 unspecified atom stereocenters. The van der Waals surface area contributed by atoms with E-state index in [9.17, 15) is 0 Å². The van der Waals surface area contributed by atoms with Gasteiger partial charge >= 0.3 is 0 Å². The Kier molecular flexibility index (Phi) is 3.64. The fraction of sp³-hybridized carbons (Fsp3) is 0.556. The summed E-state index contributed by atoms with van der Waals surface area (Å²) in [6.07, 6.45) is 3.59. The van der Waals surface area contributed by atoms with Crippen molar-refractivity contribution >= 4 is 0 Å². The van der Waals surface area contributed by atoms with E-state index < -0.39 is 0 Å². The number of hydrogen-bond acceptors (Lipinski definition) is 3. The summed E-state index contributed by atoms with van der Waals surface area (Å²) >= 11 is 0. The molecule has 0 aliphatic heterocycles. The molecule has 0 aliphatic carbocycles. The van der Waals surface area contributed by atoms with E-state index in [2.05, 4.69) is 40.5 Å². The summed E-state index contributed by atoms with van der Waals surface area (Å²) in [7, 11) is 0. The predicted octanol–water partition coefficient (Wildman–Crippen LogP) is 1.13. The van der Waals surface area contributed by atoms with Crippen molar-refractivity contribution in [1.29, 1.82) is 0 Å². The second-order valence-electron chi connectivity index (χ2n) is 3.17. The highest BCUT2D eigenvalue weighted by Gasteiger charge is 2.05. The van der Waals surface area contributed by atoms with Crippen LogP contribution in [0.5, 0.6) is 0 Å². The second kappa shape index (κ2) is 4.77. The molecule has 72 valence electrons. The first-order valence-corrected chi connectivity index (χ1v) is 4.45. The molecule has 1 rings (SSSR count). The summed E-state index contributed by atoms with van der Waals surface area (Å²) in [4.78, 5) is 0. The molecule has 0 fully saturated rings. The maximum Gasteiger partial charge on any atom is 0.147 e. The number of rotatable bonds is 5. The molecular formula is C9H16N4.